The Balaban J connectivity index is 1.35. The molecule has 0 radical (unpaired) electrons. The van der Waals surface area contributed by atoms with E-state index >= 15 is 0 Å². The van der Waals surface area contributed by atoms with E-state index in [-0.39, 0.29) is 36.4 Å². The van der Waals surface area contributed by atoms with Crippen molar-refractivity contribution in [2.75, 3.05) is 37.6 Å². The van der Waals surface area contributed by atoms with Crippen LogP contribution in [0, 0.1) is 5.41 Å². The second kappa shape index (κ2) is 7.48. The molecule has 0 bridgehead atoms. The molecule has 2 saturated heterocycles. The van der Waals surface area contributed by atoms with Crippen LogP contribution in [0.1, 0.15) is 26.2 Å². The number of benzene rings is 1. The molecule has 28 heavy (non-hydrogen) atoms. The van der Waals surface area contributed by atoms with Crippen LogP contribution >= 0.6 is 23.2 Å². The lowest BCUT2D eigenvalue weighted by Gasteiger charge is -2.42. The first kappa shape index (κ1) is 20.0. The van der Waals surface area contributed by atoms with Gasteiger partial charge < -0.3 is 14.9 Å². The van der Waals surface area contributed by atoms with Gasteiger partial charge in [0.05, 0.1) is 29.2 Å². The number of likely N-dealkylation sites (tertiary alicyclic amines) is 1. The Morgan fingerprint density at radius 2 is 2.00 bits per heavy atom. The number of carbonyl (C=O) groups is 2. The molecule has 3 aliphatic rings. The predicted octanol–water partition coefficient (Wildman–Crippen LogP) is 2.40. The largest absolute Gasteiger partial charge is 0.391 e. The van der Waals surface area contributed by atoms with Gasteiger partial charge in [-0.2, -0.15) is 0 Å². The van der Waals surface area contributed by atoms with E-state index in [2.05, 4.69) is 6.92 Å². The lowest BCUT2D eigenvalue weighted by atomic mass is 9.86. The normalized spacial score (nSPS) is 27.4. The molecule has 2 heterocycles. The van der Waals surface area contributed by atoms with E-state index < -0.39 is 6.10 Å². The molecule has 1 aliphatic carbocycles. The van der Waals surface area contributed by atoms with Crippen LogP contribution in [0.2, 0.25) is 10.0 Å². The quantitative estimate of drug-likeness (QED) is 0.807. The maximum absolute atomic E-state index is 12.8. The molecule has 2 atom stereocenters. The number of halogens is 2. The summed E-state index contributed by atoms with van der Waals surface area (Å²) in [4.78, 5) is 30.8. The average molecular weight is 426 g/mol. The Morgan fingerprint density at radius 3 is 2.64 bits per heavy atom. The summed E-state index contributed by atoms with van der Waals surface area (Å²) in [5.74, 6) is -0.0843. The number of nitrogens with zero attached hydrogens (tertiary/aromatic N) is 3. The molecule has 2 amide bonds. The highest BCUT2D eigenvalue weighted by molar-refractivity contribution is 6.42. The molecule has 8 heteroatoms. The third-order valence-corrected chi connectivity index (χ3v) is 7.14. The number of aliphatic hydroxyl groups is 1. The zero-order valence-electron chi connectivity index (χ0n) is 15.9. The van der Waals surface area contributed by atoms with E-state index in [4.69, 9.17) is 23.2 Å². The Bertz CT molecular complexity index is 799. The van der Waals surface area contributed by atoms with E-state index in [1.54, 1.807) is 28.0 Å². The van der Waals surface area contributed by atoms with Gasteiger partial charge in [-0.15, -0.1) is 0 Å². The van der Waals surface area contributed by atoms with Gasteiger partial charge in [0.15, 0.2) is 0 Å². The van der Waals surface area contributed by atoms with Gasteiger partial charge in [0.1, 0.15) is 0 Å². The van der Waals surface area contributed by atoms with Crippen molar-refractivity contribution in [3.05, 3.63) is 28.2 Å². The maximum atomic E-state index is 12.8. The fourth-order valence-corrected chi connectivity index (χ4v) is 4.80. The Kier molecular flexibility index (Phi) is 5.33. The van der Waals surface area contributed by atoms with Crippen LogP contribution < -0.4 is 4.90 Å². The summed E-state index contributed by atoms with van der Waals surface area (Å²) in [7, 11) is 0. The maximum Gasteiger partial charge on any atom is 0.241 e. The van der Waals surface area contributed by atoms with Gasteiger partial charge in [0, 0.05) is 36.8 Å². The molecular weight excluding hydrogens is 401 g/mol. The lowest BCUT2D eigenvalue weighted by molar-refractivity contribution is -0.141. The highest BCUT2D eigenvalue weighted by Crippen LogP contribution is 2.55. The highest BCUT2D eigenvalue weighted by Gasteiger charge is 2.54. The first-order valence-electron chi connectivity index (χ1n) is 9.74. The molecule has 1 spiro atoms. The number of piperazine rings is 1. The minimum atomic E-state index is -0.430. The van der Waals surface area contributed by atoms with Crippen LogP contribution in [0.5, 0.6) is 0 Å². The fourth-order valence-electron chi connectivity index (χ4n) is 4.50. The number of β-amino-alcohol motifs (C(OH)–C–C–N with tert-alkyl or cyclic N) is 1. The number of hydrogen-bond donors (Lipinski definition) is 1. The zero-order valence-corrected chi connectivity index (χ0v) is 17.4. The van der Waals surface area contributed by atoms with Crippen LogP contribution in [0.25, 0.3) is 0 Å². The highest BCUT2D eigenvalue weighted by atomic mass is 35.5. The van der Waals surface area contributed by atoms with Gasteiger partial charge in [-0.05, 0) is 44.4 Å². The molecule has 1 N–H and O–H groups in total. The summed E-state index contributed by atoms with van der Waals surface area (Å²) >= 11 is 12.0. The summed E-state index contributed by atoms with van der Waals surface area (Å²) < 4.78 is 0. The van der Waals surface area contributed by atoms with Gasteiger partial charge in [-0.25, -0.2) is 0 Å². The third kappa shape index (κ3) is 3.75. The smallest absolute Gasteiger partial charge is 0.241 e. The van der Waals surface area contributed by atoms with Gasteiger partial charge in [0.2, 0.25) is 11.8 Å². The molecule has 3 fully saturated rings. The van der Waals surface area contributed by atoms with Crippen molar-refractivity contribution in [3.63, 3.8) is 0 Å². The minimum Gasteiger partial charge on any atom is -0.391 e. The number of piperidine rings is 1. The Hall–Kier alpha value is -1.34. The molecule has 0 unspecified atom stereocenters. The van der Waals surface area contributed by atoms with E-state index in [0.717, 1.165) is 19.3 Å². The summed E-state index contributed by atoms with van der Waals surface area (Å²) in [6.45, 7) is 3.93. The van der Waals surface area contributed by atoms with Crippen LogP contribution in [-0.2, 0) is 9.59 Å². The van der Waals surface area contributed by atoms with E-state index in [1.165, 1.54) is 0 Å². The van der Waals surface area contributed by atoms with Crippen LogP contribution in [-0.4, -0.2) is 71.6 Å². The van der Waals surface area contributed by atoms with Gasteiger partial charge >= 0.3 is 0 Å². The minimum absolute atomic E-state index is 0.0159. The van der Waals surface area contributed by atoms with Crippen LogP contribution in [0.15, 0.2) is 18.2 Å². The first-order valence-corrected chi connectivity index (χ1v) is 10.5. The van der Waals surface area contributed by atoms with E-state index in [9.17, 15) is 14.7 Å². The Morgan fingerprint density at radius 1 is 1.25 bits per heavy atom. The monoisotopic (exact) mass is 425 g/mol. The van der Waals surface area contributed by atoms with Gasteiger partial charge in [-0.1, -0.05) is 23.2 Å². The molecule has 6 nitrogen and oxygen atoms in total. The summed E-state index contributed by atoms with van der Waals surface area (Å²) in [6.07, 6.45) is 2.56. The molecule has 1 aromatic carbocycles. The molecular formula is C20H25Cl2N3O3. The second-order valence-corrected chi connectivity index (χ2v) is 9.15. The van der Waals surface area contributed by atoms with Gasteiger partial charge in [-0.3, -0.25) is 14.5 Å². The molecule has 4 rings (SSSR count). The topological polar surface area (TPSA) is 64.1 Å². The van der Waals surface area contributed by atoms with Crippen molar-refractivity contribution in [1.29, 1.82) is 0 Å². The summed E-state index contributed by atoms with van der Waals surface area (Å²) in [5.41, 5.74) is 0.769. The standard InChI is InChI=1S/C20H25Cl2N3O3/c1-13-9-20(4-5-20)17(26)10-25(13)19(28)12-23-6-7-24(18(27)11-23)14-2-3-15(21)16(22)8-14/h2-3,8,13,17,26H,4-7,9-12H2,1H3/t13-,17+/m0/s1. The average Bonchev–Trinajstić information content (AvgIpc) is 3.41. The van der Waals surface area contributed by atoms with Crippen molar-refractivity contribution >= 4 is 40.7 Å². The number of aliphatic hydroxyl groups excluding tert-OH is 1. The lowest BCUT2D eigenvalue weighted by Crippen LogP contribution is -2.57. The fraction of sp³-hybridized carbons (Fsp3) is 0.600. The summed E-state index contributed by atoms with van der Waals surface area (Å²) in [6, 6.07) is 5.27. The number of anilines is 1. The van der Waals surface area contributed by atoms with Crippen molar-refractivity contribution in [2.45, 2.75) is 38.3 Å². The molecule has 1 saturated carbocycles. The predicted molar refractivity (Wildman–Crippen MR) is 109 cm³/mol. The van der Waals surface area contributed by atoms with Crippen LogP contribution in [0.3, 0.4) is 0 Å². The van der Waals surface area contributed by atoms with Crippen molar-refractivity contribution in [1.82, 2.24) is 9.80 Å². The molecule has 2 aliphatic heterocycles. The molecule has 1 aromatic rings. The second-order valence-electron chi connectivity index (χ2n) is 8.33. The van der Waals surface area contributed by atoms with Crippen molar-refractivity contribution in [3.8, 4) is 0 Å². The third-order valence-electron chi connectivity index (χ3n) is 6.40. The number of hydrogen-bond acceptors (Lipinski definition) is 4. The van der Waals surface area contributed by atoms with Crippen molar-refractivity contribution in [2.24, 2.45) is 5.41 Å². The number of rotatable bonds is 3. The number of carbonyl (C=O) groups excluding carboxylic acids is 2. The van der Waals surface area contributed by atoms with Crippen LogP contribution in [0.4, 0.5) is 5.69 Å². The summed E-state index contributed by atoms with van der Waals surface area (Å²) in [5, 5.41) is 11.3. The first-order chi connectivity index (χ1) is 13.3. The SMILES string of the molecule is C[C@H]1CC2(CC2)[C@H](O)CN1C(=O)CN1CCN(c2ccc(Cl)c(Cl)c2)C(=O)C1. The zero-order chi connectivity index (χ0) is 20.1. The van der Waals surface area contributed by atoms with E-state index in [1.807, 2.05) is 4.90 Å². The Labute approximate surface area is 175 Å². The molecule has 0 aromatic heterocycles. The number of amides is 2. The molecule has 152 valence electrons. The van der Waals surface area contributed by atoms with Crippen molar-refractivity contribution < 1.29 is 14.7 Å². The van der Waals surface area contributed by atoms with E-state index in [0.29, 0.717) is 35.4 Å². The van der Waals surface area contributed by atoms with Gasteiger partial charge in [0.25, 0.3) is 0 Å².